The van der Waals surface area contributed by atoms with Gasteiger partial charge >= 0.3 is 5.97 Å². The number of rotatable bonds is 33. The van der Waals surface area contributed by atoms with Crippen molar-refractivity contribution >= 4 is 5.97 Å². The number of carbonyl (C=O) groups excluding carboxylic acids is 1. The zero-order chi connectivity index (χ0) is 41.4. The average molecular weight is 791 g/mol. The Morgan fingerprint density at radius 1 is 0.696 bits per heavy atom. The van der Waals surface area contributed by atoms with E-state index < -0.39 is 43.4 Å². The molecule has 0 aromatic heterocycles. The first-order valence-corrected chi connectivity index (χ1v) is 21.9. The van der Waals surface area contributed by atoms with Gasteiger partial charge < -0.3 is 39.4 Å². The van der Waals surface area contributed by atoms with Crippen LogP contribution in [0.4, 0.5) is 0 Å². The Hall–Kier alpha value is -2.11. The Labute approximate surface area is 341 Å². The van der Waals surface area contributed by atoms with Crippen molar-refractivity contribution in [3.05, 3.63) is 60.3 Å². The minimum absolute atomic E-state index is 0.0713. The molecule has 0 saturated carbocycles. The molecule has 9 heteroatoms. The predicted molar refractivity (Wildman–Crippen MR) is 228 cm³/mol. The maximum atomic E-state index is 12.8. The lowest BCUT2D eigenvalue weighted by Crippen LogP contribution is -2.59. The van der Waals surface area contributed by atoms with E-state index in [1.165, 1.54) is 50.5 Å². The first-order valence-electron chi connectivity index (χ1n) is 21.9. The molecule has 1 rings (SSSR count). The van der Waals surface area contributed by atoms with Gasteiger partial charge in [0.15, 0.2) is 6.29 Å². The molecule has 1 aliphatic rings. The fourth-order valence-electron chi connectivity index (χ4n) is 6.61. The summed E-state index contributed by atoms with van der Waals surface area (Å²) in [6, 6.07) is 0. The molecule has 1 saturated heterocycles. The van der Waals surface area contributed by atoms with E-state index in [2.05, 4.69) is 96.2 Å². The van der Waals surface area contributed by atoms with E-state index >= 15 is 0 Å². The van der Waals surface area contributed by atoms with Crippen LogP contribution >= 0.6 is 0 Å². The molecule has 0 aromatic carbocycles. The molecule has 1 heterocycles. The number of carbonyl (C=O) groups is 1. The molecule has 1 aliphatic heterocycles. The van der Waals surface area contributed by atoms with Gasteiger partial charge in [0.25, 0.3) is 0 Å². The highest BCUT2D eigenvalue weighted by molar-refractivity contribution is 5.69. The van der Waals surface area contributed by atoms with Gasteiger partial charge in [0.1, 0.15) is 30.5 Å². The first-order chi connectivity index (χ1) is 27.0. The second-order valence-electron chi connectivity index (χ2n) is 16.3. The van der Waals surface area contributed by atoms with Crippen molar-refractivity contribution < 1.29 is 44.2 Å². The van der Waals surface area contributed by atoms with E-state index in [-0.39, 0.29) is 25.6 Å². The molecule has 8 atom stereocenters. The maximum Gasteiger partial charge on any atom is 0.306 e. The minimum atomic E-state index is -1.56. The summed E-state index contributed by atoms with van der Waals surface area (Å²) in [5.74, 6) is 1.97. The summed E-state index contributed by atoms with van der Waals surface area (Å²) in [4.78, 5) is 12.8. The van der Waals surface area contributed by atoms with Crippen LogP contribution in [0, 0.1) is 17.8 Å². The van der Waals surface area contributed by atoms with E-state index in [0.717, 1.165) is 69.1 Å². The van der Waals surface area contributed by atoms with Crippen LogP contribution in [0.2, 0.25) is 0 Å². The Kier molecular flexibility index (Phi) is 31.3. The molecule has 0 aromatic rings. The fourth-order valence-corrected chi connectivity index (χ4v) is 6.61. The number of hydrogen-bond donors (Lipinski definition) is 4. The summed E-state index contributed by atoms with van der Waals surface area (Å²) < 4.78 is 22.8. The highest BCUT2D eigenvalue weighted by atomic mass is 16.7. The number of ether oxygens (including phenoxy) is 4. The molecule has 56 heavy (non-hydrogen) atoms. The molecular weight excluding hydrogens is 709 g/mol. The van der Waals surface area contributed by atoms with E-state index in [0.29, 0.717) is 13.0 Å². The summed E-state index contributed by atoms with van der Waals surface area (Å²) in [5.41, 5.74) is 1.26. The molecule has 324 valence electrons. The SMILES string of the molecule is CC/C=C\C/C=C\C/C=C\C/C=C\CCCCC(=O)OC(COC/C=C(\C)CCC[C@@H](C)CCCC(C)CCCC(C)C)CO[C@H]1OC(CO)[C@H](O)[C@@H](O)C1O. The van der Waals surface area contributed by atoms with Crippen molar-refractivity contribution in [1.29, 1.82) is 0 Å². The molecular formula is C47H82O9. The number of allylic oxidation sites excluding steroid dienone is 9. The van der Waals surface area contributed by atoms with Gasteiger partial charge in [0, 0.05) is 6.42 Å². The van der Waals surface area contributed by atoms with Crippen LogP contribution in [0.5, 0.6) is 0 Å². The van der Waals surface area contributed by atoms with Crippen LogP contribution in [0.25, 0.3) is 0 Å². The van der Waals surface area contributed by atoms with Crippen molar-refractivity contribution in [2.24, 2.45) is 17.8 Å². The van der Waals surface area contributed by atoms with Gasteiger partial charge in [-0.2, -0.15) is 0 Å². The van der Waals surface area contributed by atoms with Gasteiger partial charge in [0.2, 0.25) is 0 Å². The zero-order valence-electron chi connectivity index (χ0n) is 36.1. The molecule has 0 amide bonds. The predicted octanol–water partition coefficient (Wildman–Crippen LogP) is 9.48. The van der Waals surface area contributed by atoms with E-state index in [1.54, 1.807) is 0 Å². The highest BCUT2D eigenvalue weighted by Gasteiger charge is 2.44. The molecule has 9 nitrogen and oxygen atoms in total. The third-order valence-corrected chi connectivity index (χ3v) is 10.3. The fraction of sp³-hybridized carbons (Fsp3) is 0.766. The largest absolute Gasteiger partial charge is 0.457 e. The summed E-state index contributed by atoms with van der Waals surface area (Å²) >= 11 is 0. The van der Waals surface area contributed by atoms with Crippen LogP contribution in [0.15, 0.2) is 60.3 Å². The lowest BCUT2D eigenvalue weighted by molar-refractivity contribution is -0.305. The maximum absolute atomic E-state index is 12.8. The number of aliphatic hydroxyl groups is 4. The Morgan fingerprint density at radius 2 is 1.29 bits per heavy atom. The summed E-state index contributed by atoms with van der Waals surface area (Å²) in [7, 11) is 0. The normalized spacial score (nSPS) is 22.6. The van der Waals surface area contributed by atoms with Crippen molar-refractivity contribution in [1.82, 2.24) is 0 Å². The molecule has 0 radical (unpaired) electrons. The summed E-state index contributed by atoms with van der Waals surface area (Å²) in [6.45, 7) is 13.3. The van der Waals surface area contributed by atoms with E-state index in [9.17, 15) is 25.2 Å². The second kappa shape index (κ2) is 33.8. The molecule has 4 N–H and O–H groups in total. The molecule has 0 bridgehead atoms. The van der Waals surface area contributed by atoms with Gasteiger partial charge in [-0.05, 0) is 82.5 Å². The first kappa shape index (κ1) is 51.9. The smallest absolute Gasteiger partial charge is 0.306 e. The second-order valence-corrected chi connectivity index (χ2v) is 16.3. The highest BCUT2D eigenvalue weighted by Crippen LogP contribution is 2.24. The van der Waals surface area contributed by atoms with Gasteiger partial charge in [-0.15, -0.1) is 0 Å². The molecule has 4 unspecified atom stereocenters. The van der Waals surface area contributed by atoms with Crippen molar-refractivity contribution in [2.75, 3.05) is 26.4 Å². The third kappa shape index (κ3) is 26.7. The lowest BCUT2D eigenvalue weighted by atomic mass is 9.91. The minimum Gasteiger partial charge on any atom is -0.457 e. The monoisotopic (exact) mass is 791 g/mol. The Morgan fingerprint density at radius 3 is 1.89 bits per heavy atom. The number of unbranched alkanes of at least 4 members (excludes halogenated alkanes) is 2. The number of aliphatic hydroxyl groups excluding tert-OH is 4. The van der Waals surface area contributed by atoms with E-state index in [4.69, 9.17) is 18.9 Å². The number of hydrogen-bond acceptors (Lipinski definition) is 9. The Bertz CT molecular complexity index is 1110. The van der Waals surface area contributed by atoms with Crippen molar-refractivity contribution in [2.45, 2.75) is 188 Å². The Balaban J connectivity index is 2.49. The summed E-state index contributed by atoms with van der Waals surface area (Å²) in [5, 5.41) is 40.2. The zero-order valence-corrected chi connectivity index (χ0v) is 36.1. The van der Waals surface area contributed by atoms with Gasteiger partial charge in [-0.3, -0.25) is 4.79 Å². The van der Waals surface area contributed by atoms with Crippen molar-refractivity contribution in [3.63, 3.8) is 0 Å². The van der Waals surface area contributed by atoms with Crippen LogP contribution in [0.3, 0.4) is 0 Å². The van der Waals surface area contributed by atoms with Gasteiger partial charge in [-0.25, -0.2) is 0 Å². The van der Waals surface area contributed by atoms with Gasteiger partial charge in [0.05, 0.1) is 26.4 Å². The van der Waals surface area contributed by atoms with Gasteiger partial charge in [-0.1, -0.05) is 140 Å². The van der Waals surface area contributed by atoms with Crippen molar-refractivity contribution in [3.8, 4) is 0 Å². The quantitative estimate of drug-likeness (QED) is 0.0291. The van der Waals surface area contributed by atoms with Crippen LogP contribution < -0.4 is 0 Å². The third-order valence-electron chi connectivity index (χ3n) is 10.3. The summed E-state index contributed by atoms with van der Waals surface area (Å²) in [6.07, 6.45) is 29.5. The topological polar surface area (TPSA) is 135 Å². The average Bonchev–Trinajstić information content (AvgIpc) is 3.16. The van der Waals surface area contributed by atoms with E-state index in [1.807, 2.05) is 0 Å². The molecule has 0 spiro atoms. The van der Waals surface area contributed by atoms with Crippen LogP contribution in [0.1, 0.15) is 151 Å². The van der Waals surface area contributed by atoms with Crippen LogP contribution in [-0.2, 0) is 23.7 Å². The standard InChI is InChI=1S/C47H82O9/c1-7-8-9-10-11-12-13-14-15-16-17-18-19-20-21-31-43(49)55-41(36-54-47-46(52)45(51)44(50)42(34-48)56-47)35-53-33-32-40(6)30-24-29-39(5)28-23-27-38(4)26-22-25-37(2)3/h8-9,11-12,14-15,17-18,32,37-39,41-42,44-48,50-52H,7,10,13,16,19-31,33-36H2,1-6H3/b9-8-,12-11-,15-14-,18-17-,40-32+/t38?,39-,41?,42?,44-,45+,46?,47-/m0/s1. The number of esters is 1. The lowest BCUT2D eigenvalue weighted by Gasteiger charge is -2.39. The van der Waals surface area contributed by atoms with Crippen LogP contribution in [-0.4, -0.2) is 89.6 Å². The molecule has 1 fully saturated rings. The molecule has 0 aliphatic carbocycles.